The molecule has 88 valence electrons. The molecule has 0 heterocycles. The Morgan fingerprint density at radius 2 is 2.00 bits per heavy atom. The number of nitrogen functional groups attached to an aromatic ring is 1. The number of hydrogen-bond acceptors (Lipinski definition) is 2. The summed E-state index contributed by atoms with van der Waals surface area (Å²) in [6.45, 7) is 0.738. The molecule has 0 saturated heterocycles. The van der Waals surface area contributed by atoms with Crippen LogP contribution in [0.2, 0.25) is 0 Å². The van der Waals surface area contributed by atoms with Gasteiger partial charge in [-0.25, -0.2) is 4.39 Å². The number of halogens is 1. The van der Waals surface area contributed by atoms with E-state index < -0.39 is 0 Å². The quantitative estimate of drug-likeness (QED) is 0.772. The number of rotatable bonds is 3. The minimum Gasteiger partial charge on any atom is -0.396 e. The molecule has 1 aromatic carbocycles. The highest BCUT2D eigenvalue weighted by Gasteiger charge is 2.12. The molecule has 1 aliphatic rings. The van der Waals surface area contributed by atoms with Crippen molar-refractivity contribution in [3.05, 3.63) is 29.6 Å². The van der Waals surface area contributed by atoms with E-state index in [0.29, 0.717) is 6.04 Å². The van der Waals surface area contributed by atoms with E-state index in [9.17, 15) is 4.39 Å². The van der Waals surface area contributed by atoms with Crippen molar-refractivity contribution in [3.8, 4) is 0 Å². The molecule has 1 fully saturated rings. The van der Waals surface area contributed by atoms with Gasteiger partial charge in [0.05, 0.1) is 5.69 Å². The lowest BCUT2D eigenvalue weighted by atomic mass is 9.95. The number of nitrogens with two attached hydrogens (primary N) is 1. The number of hydrogen-bond donors (Lipinski definition) is 2. The summed E-state index contributed by atoms with van der Waals surface area (Å²) in [5.74, 6) is -0.317. The molecule has 0 bridgehead atoms. The first-order valence-electron chi connectivity index (χ1n) is 6.03. The van der Waals surface area contributed by atoms with Crippen molar-refractivity contribution in [2.24, 2.45) is 0 Å². The summed E-state index contributed by atoms with van der Waals surface area (Å²) in [7, 11) is 0. The highest BCUT2D eigenvalue weighted by atomic mass is 19.1. The third kappa shape index (κ3) is 2.95. The molecular weight excluding hydrogens is 203 g/mol. The third-order valence-corrected chi connectivity index (χ3v) is 3.26. The number of benzene rings is 1. The Bertz CT molecular complexity index is 346. The second kappa shape index (κ2) is 5.30. The lowest BCUT2D eigenvalue weighted by Crippen LogP contribution is -2.30. The summed E-state index contributed by atoms with van der Waals surface area (Å²) < 4.78 is 13.2. The maximum absolute atomic E-state index is 13.2. The fourth-order valence-corrected chi connectivity index (χ4v) is 2.25. The van der Waals surface area contributed by atoms with E-state index in [-0.39, 0.29) is 11.5 Å². The van der Waals surface area contributed by atoms with Crippen molar-refractivity contribution >= 4 is 5.69 Å². The maximum atomic E-state index is 13.2. The van der Waals surface area contributed by atoms with Gasteiger partial charge in [-0.05, 0) is 30.5 Å². The summed E-state index contributed by atoms with van der Waals surface area (Å²) in [5, 5.41) is 3.48. The molecule has 1 aromatic rings. The molecule has 1 aliphatic carbocycles. The monoisotopic (exact) mass is 222 g/mol. The van der Waals surface area contributed by atoms with Gasteiger partial charge in [-0.15, -0.1) is 0 Å². The number of anilines is 1. The van der Waals surface area contributed by atoms with Crippen LogP contribution >= 0.6 is 0 Å². The Labute approximate surface area is 96.0 Å². The van der Waals surface area contributed by atoms with Gasteiger partial charge in [-0.1, -0.05) is 25.3 Å². The van der Waals surface area contributed by atoms with Gasteiger partial charge >= 0.3 is 0 Å². The van der Waals surface area contributed by atoms with E-state index in [1.165, 1.54) is 38.2 Å². The molecule has 2 rings (SSSR count). The van der Waals surface area contributed by atoms with Gasteiger partial charge in [0, 0.05) is 12.6 Å². The van der Waals surface area contributed by atoms with Gasteiger partial charge in [0.25, 0.3) is 0 Å². The topological polar surface area (TPSA) is 38.0 Å². The van der Waals surface area contributed by atoms with Crippen LogP contribution < -0.4 is 11.1 Å². The van der Waals surface area contributed by atoms with Gasteiger partial charge in [-0.2, -0.15) is 0 Å². The zero-order valence-electron chi connectivity index (χ0n) is 9.51. The van der Waals surface area contributed by atoms with E-state index in [2.05, 4.69) is 5.32 Å². The maximum Gasteiger partial charge on any atom is 0.146 e. The van der Waals surface area contributed by atoms with Gasteiger partial charge in [-0.3, -0.25) is 0 Å². The minimum absolute atomic E-state index is 0.224. The molecule has 2 nitrogen and oxygen atoms in total. The first-order valence-corrected chi connectivity index (χ1v) is 6.03. The van der Waals surface area contributed by atoms with Crippen molar-refractivity contribution in [3.63, 3.8) is 0 Å². The highest BCUT2D eigenvalue weighted by molar-refractivity contribution is 5.41. The van der Waals surface area contributed by atoms with Crippen LogP contribution in [0.25, 0.3) is 0 Å². The fraction of sp³-hybridized carbons (Fsp3) is 0.538. The van der Waals surface area contributed by atoms with Gasteiger partial charge < -0.3 is 11.1 Å². The molecule has 16 heavy (non-hydrogen) atoms. The molecule has 0 spiro atoms. The Hall–Kier alpha value is -1.09. The van der Waals surface area contributed by atoms with Crippen molar-refractivity contribution in [2.75, 3.05) is 5.73 Å². The zero-order chi connectivity index (χ0) is 11.4. The molecule has 1 saturated carbocycles. The summed E-state index contributed by atoms with van der Waals surface area (Å²) >= 11 is 0. The molecule has 0 atom stereocenters. The fourth-order valence-electron chi connectivity index (χ4n) is 2.25. The van der Waals surface area contributed by atoms with Gasteiger partial charge in [0.2, 0.25) is 0 Å². The van der Waals surface area contributed by atoms with Gasteiger partial charge in [0.15, 0.2) is 0 Å². The minimum atomic E-state index is -0.317. The molecule has 0 radical (unpaired) electrons. The normalized spacial score (nSPS) is 17.6. The summed E-state index contributed by atoms with van der Waals surface area (Å²) in [6.07, 6.45) is 6.48. The Morgan fingerprint density at radius 3 is 2.69 bits per heavy atom. The summed E-state index contributed by atoms with van der Waals surface area (Å²) in [5.41, 5.74) is 6.63. The van der Waals surface area contributed by atoms with E-state index in [4.69, 9.17) is 5.73 Å². The lowest BCUT2D eigenvalue weighted by molar-refractivity contribution is 0.372. The highest BCUT2D eigenvalue weighted by Crippen LogP contribution is 2.18. The second-order valence-corrected chi connectivity index (χ2v) is 4.57. The van der Waals surface area contributed by atoms with Crippen LogP contribution in [-0.4, -0.2) is 6.04 Å². The molecule has 0 aliphatic heterocycles. The Balaban J connectivity index is 1.86. The summed E-state index contributed by atoms with van der Waals surface area (Å²) in [4.78, 5) is 0. The Morgan fingerprint density at radius 1 is 1.25 bits per heavy atom. The molecular formula is C13H19FN2. The van der Waals surface area contributed by atoms with Crippen molar-refractivity contribution < 1.29 is 4.39 Å². The van der Waals surface area contributed by atoms with Crippen LogP contribution in [0.3, 0.4) is 0 Å². The Kier molecular flexibility index (Phi) is 3.78. The predicted molar refractivity (Wildman–Crippen MR) is 64.5 cm³/mol. The molecule has 3 heteroatoms. The standard InChI is InChI=1S/C13H19FN2/c14-12-8-10(6-7-13(12)15)9-16-11-4-2-1-3-5-11/h6-8,11,16H,1-5,9,15H2. The molecule has 0 aromatic heterocycles. The van der Waals surface area contributed by atoms with E-state index in [0.717, 1.165) is 12.1 Å². The van der Waals surface area contributed by atoms with Gasteiger partial charge in [0.1, 0.15) is 5.82 Å². The smallest absolute Gasteiger partial charge is 0.146 e. The van der Waals surface area contributed by atoms with Crippen LogP contribution in [0.4, 0.5) is 10.1 Å². The average molecular weight is 222 g/mol. The van der Waals surface area contributed by atoms with E-state index in [1.54, 1.807) is 6.07 Å². The first-order chi connectivity index (χ1) is 7.75. The zero-order valence-corrected chi connectivity index (χ0v) is 9.51. The average Bonchev–Trinajstić information content (AvgIpc) is 2.32. The summed E-state index contributed by atoms with van der Waals surface area (Å²) in [6, 6.07) is 5.64. The lowest BCUT2D eigenvalue weighted by Gasteiger charge is -2.22. The SMILES string of the molecule is Nc1ccc(CNC2CCCCC2)cc1F. The van der Waals surface area contributed by atoms with Crippen LogP contribution in [0, 0.1) is 5.82 Å². The largest absolute Gasteiger partial charge is 0.396 e. The van der Waals surface area contributed by atoms with Crippen LogP contribution in [0.5, 0.6) is 0 Å². The van der Waals surface area contributed by atoms with E-state index in [1.807, 2.05) is 6.07 Å². The van der Waals surface area contributed by atoms with Crippen molar-refractivity contribution in [1.82, 2.24) is 5.32 Å². The van der Waals surface area contributed by atoms with Crippen LogP contribution in [-0.2, 0) is 6.54 Å². The third-order valence-electron chi connectivity index (χ3n) is 3.26. The molecule has 3 N–H and O–H groups in total. The molecule has 0 unspecified atom stereocenters. The van der Waals surface area contributed by atoms with Crippen molar-refractivity contribution in [1.29, 1.82) is 0 Å². The predicted octanol–water partition coefficient (Wildman–Crippen LogP) is 2.83. The molecule has 0 amide bonds. The van der Waals surface area contributed by atoms with Crippen LogP contribution in [0.1, 0.15) is 37.7 Å². The first kappa shape index (κ1) is 11.4. The van der Waals surface area contributed by atoms with E-state index >= 15 is 0 Å². The van der Waals surface area contributed by atoms with Crippen molar-refractivity contribution in [2.45, 2.75) is 44.7 Å². The second-order valence-electron chi connectivity index (χ2n) is 4.57. The number of nitrogens with one attached hydrogen (secondary N) is 1. The van der Waals surface area contributed by atoms with Crippen LogP contribution in [0.15, 0.2) is 18.2 Å².